The molecule has 25 heavy (non-hydrogen) atoms. The lowest BCUT2D eigenvalue weighted by molar-refractivity contribution is 0.511. The Labute approximate surface area is 150 Å². The molecule has 9 heteroatoms. The molecule has 0 atom stereocenters. The molecular formula is C16H17ClN4O3S. The van der Waals surface area contributed by atoms with E-state index in [1.807, 2.05) is 19.1 Å². The molecule has 0 bridgehead atoms. The molecule has 2 aromatic heterocycles. The molecule has 2 N–H and O–H groups in total. The van der Waals surface area contributed by atoms with Gasteiger partial charge in [-0.2, -0.15) is 0 Å². The first kappa shape index (κ1) is 17.7. The van der Waals surface area contributed by atoms with Crippen LogP contribution < -0.4 is 4.72 Å². The van der Waals surface area contributed by atoms with Gasteiger partial charge in [0.2, 0.25) is 15.9 Å². The summed E-state index contributed by atoms with van der Waals surface area (Å²) in [4.78, 5) is 2.97. The predicted molar refractivity (Wildman–Crippen MR) is 93.8 cm³/mol. The molecule has 7 nitrogen and oxygen atoms in total. The van der Waals surface area contributed by atoms with Gasteiger partial charge in [0.15, 0.2) is 0 Å². The lowest BCUT2D eigenvalue weighted by Gasteiger charge is -2.05. The van der Waals surface area contributed by atoms with Crippen LogP contribution in [0.1, 0.15) is 18.4 Å². The summed E-state index contributed by atoms with van der Waals surface area (Å²) in [6.45, 7) is 2.18. The van der Waals surface area contributed by atoms with Crippen molar-refractivity contribution < 1.29 is 12.8 Å². The highest BCUT2D eigenvalue weighted by atomic mass is 35.5. The van der Waals surface area contributed by atoms with Crippen molar-refractivity contribution in [2.75, 3.05) is 6.54 Å². The molecule has 0 saturated carbocycles. The Kier molecular flexibility index (Phi) is 5.22. The molecule has 0 fully saturated rings. The standard InChI is InChI=1S/C16H17ClN4O3S/c1-2-15-20-21-16(24-15)14-9-13(10-18-14)25(22,23)19-8-7-11-3-5-12(17)6-4-11/h3-6,9-10,18-19H,2,7-8H2,1H3. The first-order chi connectivity index (χ1) is 12.0. The van der Waals surface area contributed by atoms with Gasteiger partial charge in [0, 0.05) is 24.2 Å². The van der Waals surface area contributed by atoms with E-state index in [-0.39, 0.29) is 17.3 Å². The largest absolute Gasteiger partial charge is 0.419 e. The van der Waals surface area contributed by atoms with Gasteiger partial charge in [-0.3, -0.25) is 0 Å². The molecule has 3 rings (SSSR count). The van der Waals surface area contributed by atoms with Gasteiger partial charge in [-0.25, -0.2) is 13.1 Å². The van der Waals surface area contributed by atoms with Gasteiger partial charge < -0.3 is 9.40 Å². The average molecular weight is 381 g/mol. The van der Waals surface area contributed by atoms with Crippen LogP contribution in [0.5, 0.6) is 0 Å². The van der Waals surface area contributed by atoms with Gasteiger partial charge in [-0.15, -0.1) is 10.2 Å². The highest BCUT2D eigenvalue weighted by Crippen LogP contribution is 2.20. The zero-order valence-corrected chi connectivity index (χ0v) is 15.1. The van der Waals surface area contributed by atoms with E-state index in [0.29, 0.717) is 29.4 Å². The van der Waals surface area contributed by atoms with Crippen LogP contribution in [0.4, 0.5) is 0 Å². The van der Waals surface area contributed by atoms with Crippen molar-refractivity contribution in [2.45, 2.75) is 24.7 Å². The average Bonchev–Trinajstić information content (AvgIpc) is 3.25. The van der Waals surface area contributed by atoms with Gasteiger partial charge in [-0.05, 0) is 30.2 Å². The van der Waals surface area contributed by atoms with Crippen molar-refractivity contribution in [3.8, 4) is 11.6 Å². The second kappa shape index (κ2) is 7.38. The summed E-state index contributed by atoms with van der Waals surface area (Å²) in [6, 6.07) is 8.76. The molecular weight excluding hydrogens is 364 g/mol. The Morgan fingerprint density at radius 3 is 2.68 bits per heavy atom. The normalized spacial score (nSPS) is 11.8. The van der Waals surface area contributed by atoms with Crippen molar-refractivity contribution in [1.29, 1.82) is 0 Å². The van der Waals surface area contributed by atoms with Crippen LogP contribution >= 0.6 is 11.6 Å². The fourth-order valence-electron chi connectivity index (χ4n) is 2.22. The number of rotatable bonds is 7. The molecule has 0 saturated heterocycles. The van der Waals surface area contributed by atoms with Crippen LogP contribution in [0.2, 0.25) is 5.02 Å². The SMILES string of the molecule is CCc1nnc(-c2cc(S(=O)(=O)NCCc3ccc(Cl)cc3)c[nH]2)o1. The van der Waals surface area contributed by atoms with Gasteiger partial charge in [0.1, 0.15) is 10.6 Å². The topological polar surface area (TPSA) is 101 Å². The van der Waals surface area contributed by atoms with Crippen LogP contribution in [0.25, 0.3) is 11.6 Å². The number of benzene rings is 1. The number of nitrogens with zero attached hydrogens (tertiary/aromatic N) is 2. The van der Waals surface area contributed by atoms with E-state index < -0.39 is 10.0 Å². The summed E-state index contributed by atoms with van der Waals surface area (Å²) in [5.41, 5.74) is 1.46. The molecule has 0 aliphatic carbocycles. The van der Waals surface area contributed by atoms with E-state index in [4.69, 9.17) is 16.0 Å². The summed E-state index contributed by atoms with van der Waals surface area (Å²) in [7, 11) is -3.62. The Hall–Kier alpha value is -2.16. The number of hydrogen-bond donors (Lipinski definition) is 2. The van der Waals surface area contributed by atoms with E-state index in [9.17, 15) is 8.42 Å². The number of aryl methyl sites for hydroxylation is 1. The van der Waals surface area contributed by atoms with E-state index in [1.54, 1.807) is 12.1 Å². The quantitative estimate of drug-likeness (QED) is 0.656. The van der Waals surface area contributed by atoms with Crippen molar-refractivity contribution in [3.05, 3.63) is 53.0 Å². The zero-order chi connectivity index (χ0) is 17.9. The van der Waals surface area contributed by atoms with Gasteiger partial charge in [0.25, 0.3) is 5.89 Å². The first-order valence-corrected chi connectivity index (χ1v) is 9.59. The molecule has 0 radical (unpaired) electrons. The summed E-state index contributed by atoms with van der Waals surface area (Å²) < 4.78 is 32.7. The second-order valence-electron chi connectivity index (χ2n) is 5.38. The Balaban J connectivity index is 1.65. The number of sulfonamides is 1. The summed E-state index contributed by atoms with van der Waals surface area (Å²) in [5.74, 6) is 0.759. The minimum Gasteiger partial charge on any atom is -0.419 e. The van der Waals surface area contributed by atoms with Crippen molar-refractivity contribution >= 4 is 21.6 Å². The molecule has 0 unspecified atom stereocenters. The minimum absolute atomic E-state index is 0.120. The molecule has 2 heterocycles. The molecule has 3 aromatic rings. The highest BCUT2D eigenvalue weighted by molar-refractivity contribution is 7.89. The number of H-pyrrole nitrogens is 1. The van der Waals surface area contributed by atoms with Crippen molar-refractivity contribution in [2.24, 2.45) is 0 Å². The number of aromatic nitrogens is 3. The smallest absolute Gasteiger partial charge is 0.264 e. The van der Waals surface area contributed by atoms with E-state index in [0.717, 1.165) is 5.56 Å². The molecule has 132 valence electrons. The maximum atomic E-state index is 12.4. The van der Waals surface area contributed by atoms with Crippen LogP contribution in [-0.4, -0.2) is 30.1 Å². The fourth-order valence-corrected chi connectivity index (χ4v) is 3.37. The highest BCUT2D eigenvalue weighted by Gasteiger charge is 2.18. The molecule has 0 amide bonds. The maximum Gasteiger partial charge on any atom is 0.264 e. The zero-order valence-electron chi connectivity index (χ0n) is 13.5. The van der Waals surface area contributed by atoms with Gasteiger partial charge >= 0.3 is 0 Å². The number of halogens is 1. The molecule has 0 aliphatic heterocycles. The lowest BCUT2D eigenvalue weighted by Crippen LogP contribution is -2.25. The fraction of sp³-hybridized carbons (Fsp3) is 0.250. The Bertz CT molecular complexity index is 948. The lowest BCUT2D eigenvalue weighted by atomic mass is 10.2. The molecule has 0 spiro atoms. The molecule has 1 aromatic carbocycles. The third kappa shape index (κ3) is 4.28. The Morgan fingerprint density at radius 2 is 2.00 bits per heavy atom. The monoisotopic (exact) mass is 380 g/mol. The Morgan fingerprint density at radius 1 is 1.24 bits per heavy atom. The van der Waals surface area contributed by atoms with Crippen molar-refractivity contribution in [1.82, 2.24) is 19.9 Å². The predicted octanol–water partition coefficient (Wildman–Crippen LogP) is 2.80. The van der Waals surface area contributed by atoms with Gasteiger partial charge in [-0.1, -0.05) is 30.7 Å². The summed E-state index contributed by atoms with van der Waals surface area (Å²) in [5, 5.41) is 8.40. The van der Waals surface area contributed by atoms with Gasteiger partial charge in [0.05, 0.1) is 0 Å². The third-order valence-electron chi connectivity index (χ3n) is 3.59. The minimum atomic E-state index is -3.62. The van der Waals surface area contributed by atoms with E-state index >= 15 is 0 Å². The molecule has 0 aliphatic rings. The van der Waals surface area contributed by atoms with Crippen molar-refractivity contribution in [3.63, 3.8) is 0 Å². The number of nitrogens with one attached hydrogen (secondary N) is 2. The van der Waals surface area contributed by atoms with E-state index in [2.05, 4.69) is 19.9 Å². The summed E-state index contributed by atoms with van der Waals surface area (Å²) >= 11 is 5.83. The van der Waals surface area contributed by atoms with Crippen LogP contribution in [-0.2, 0) is 22.9 Å². The van der Waals surface area contributed by atoms with Crippen LogP contribution in [0.3, 0.4) is 0 Å². The third-order valence-corrected chi connectivity index (χ3v) is 5.28. The maximum absolute atomic E-state index is 12.4. The summed E-state index contributed by atoms with van der Waals surface area (Å²) in [6.07, 6.45) is 2.58. The first-order valence-electron chi connectivity index (χ1n) is 7.73. The van der Waals surface area contributed by atoms with Crippen LogP contribution in [0, 0.1) is 0 Å². The second-order valence-corrected chi connectivity index (χ2v) is 7.58. The number of hydrogen-bond acceptors (Lipinski definition) is 5. The van der Waals surface area contributed by atoms with E-state index in [1.165, 1.54) is 12.3 Å². The number of aromatic amines is 1. The van der Waals surface area contributed by atoms with Crippen LogP contribution in [0.15, 0.2) is 45.8 Å².